The van der Waals surface area contributed by atoms with Crippen LogP contribution in [0.4, 0.5) is 0 Å². The summed E-state index contributed by atoms with van der Waals surface area (Å²) in [6, 6.07) is 5.86. The molecule has 1 amide bonds. The van der Waals surface area contributed by atoms with Crippen LogP contribution in [-0.2, 0) is 11.3 Å². The van der Waals surface area contributed by atoms with E-state index in [1.54, 1.807) is 7.05 Å². The van der Waals surface area contributed by atoms with Gasteiger partial charge >= 0.3 is 0 Å². The summed E-state index contributed by atoms with van der Waals surface area (Å²) < 4.78 is 11.4. The number of rotatable bonds is 9. The Bertz CT molecular complexity index is 397. The van der Waals surface area contributed by atoms with Crippen LogP contribution >= 0.6 is 0 Å². The maximum absolute atomic E-state index is 11.2. The molecule has 0 aliphatic carbocycles. The van der Waals surface area contributed by atoms with Gasteiger partial charge in [-0.2, -0.15) is 0 Å². The van der Waals surface area contributed by atoms with Crippen LogP contribution in [0, 0.1) is 0 Å². The van der Waals surface area contributed by atoms with Crippen molar-refractivity contribution >= 4 is 5.91 Å². The van der Waals surface area contributed by atoms with Crippen LogP contribution in [0.15, 0.2) is 18.2 Å². The molecular weight excluding hydrogens is 256 g/mol. The molecule has 2 N–H and O–H groups in total. The van der Waals surface area contributed by atoms with Crippen molar-refractivity contribution in [1.82, 2.24) is 10.6 Å². The summed E-state index contributed by atoms with van der Waals surface area (Å²) in [5.74, 6) is 1.54. The summed E-state index contributed by atoms with van der Waals surface area (Å²) in [5, 5.41) is 5.71. The van der Waals surface area contributed by atoms with E-state index in [9.17, 15) is 4.79 Å². The fraction of sp³-hybridized carbons (Fsp3) is 0.533. The number of carbonyl (C=O) groups excluding carboxylic acids is 1. The van der Waals surface area contributed by atoms with Gasteiger partial charge in [0.1, 0.15) is 0 Å². The highest BCUT2D eigenvalue weighted by Crippen LogP contribution is 2.31. The first-order valence-electron chi connectivity index (χ1n) is 6.95. The molecule has 5 nitrogen and oxygen atoms in total. The lowest BCUT2D eigenvalue weighted by molar-refractivity contribution is -0.120. The Kier molecular flexibility index (Phi) is 7.50. The fourth-order valence-corrected chi connectivity index (χ4v) is 1.86. The molecule has 20 heavy (non-hydrogen) atoms. The maximum Gasteiger partial charge on any atom is 0.219 e. The van der Waals surface area contributed by atoms with Gasteiger partial charge in [-0.1, -0.05) is 12.1 Å². The first-order valence-corrected chi connectivity index (χ1v) is 6.95. The van der Waals surface area contributed by atoms with Crippen molar-refractivity contribution in [2.24, 2.45) is 0 Å². The molecule has 0 unspecified atom stereocenters. The summed E-state index contributed by atoms with van der Waals surface area (Å²) in [6.07, 6.45) is 1.15. The van der Waals surface area contributed by atoms with Crippen molar-refractivity contribution in [3.05, 3.63) is 23.8 Å². The standard InChI is InChI=1S/C15H24N2O3/c1-4-19-13-8-5-7-12(11-16-2)15(13)20-10-6-9-14(18)17-3/h5,7-8,16H,4,6,9-11H2,1-3H3,(H,17,18). The molecule has 1 aromatic carbocycles. The van der Waals surface area contributed by atoms with Gasteiger partial charge in [0, 0.05) is 25.6 Å². The highest BCUT2D eigenvalue weighted by atomic mass is 16.5. The Morgan fingerprint density at radius 3 is 2.70 bits per heavy atom. The normalized spacial score (nSPS) is 10.2. The van der Waals surface area contributed by atoms with E-state index in [1.807, 2.05) is 32.2 Å². The summed E-state index contributed by atoms with van der Waals surface area (Å²) >= 11 is 0. The molecule has 0 atom stereocenters. The number of ether oxygens (including phenoxy) is 2. The molecule has 0 saturated heterocycles. The van der Waals surface area contributed by atoms with Crippen molar-refractivity contribution < 1.29 is 14.3 Å². The number of hydrogen-bond donors (Lipinski definition) is 2. The predicted octanol–water partition coefficient (Wildman–Crippen LogP) is 1.71. The molecule has 0 fully saturated rings. The second-order valence-corrected chi connectivity index (χ2v) is 4.33. The van der Waals surface area contributed by atoms with E-state index in [0.29, 0.717) is 32.6 Å². The van der Waals surface area contributed by atoms with Crippen molar-refractivity contribution in [3.63, 3.8) is 0 Å². The summed E-state index contributed by atoms with van der Waals surface area (Å²) in [5.41, 5.74) is 1.05. The number of amides is 1. The molecule has 5 heteroatoms. The molecule has 0 heterocycles. The van der Waals surface area contributed by atoms with Crippen molar-refractivity contribution in [2.45, 2.75) is 26.3 Å². The van der Waals surface area contributed by atoms with Gasteiger partial charge in [0.05, 0.1) is 13.2 Å². The van der Waals surface area contributed by atoms with Crippen molar-refractivity contribution in [2.75, 3.05) is 27.3 Å². The fourth-order valence-electron chi connectivity index (χ4n) is 1.86. The molecule has 0 radical (unpaired) electrons. The first-order chi connectivity index (χ1) is 9.72. The van der Waals surface area contributed by atoms with Gasteiger partial charge in [0.15, 0.2) is 11.5 Å². The van der Waals surface area contributed by atoms with Gasteiger partial charge in [-0.15, -0.1) is 0 Å². The zero-order valence-corrected chi connectivity index (χ0v) is 12.5. The van der Waals surface area contributed by atoms with E-state index in [-0.39, 0.29) is 5.91 Å². The first kappa shape index (κ1) is 16.3. The minimum atomic E-state index is 0.0298. The number of hydrogen-bond acceptors (Lipinski definition) is 4. The van der Waals surface area contributed by atoms with E-state index >= 15 is 0 Å². The quantitative estimate of drug-likeness (QED) is 0.676. The van der Waals surface area contributed by atoms with E-state index in [4.69, 9.17) is 9.47 Å². The van der Waals surface area contributed by atoms with E-state index in [2.05, 4.69) is 10.6 Å². The predicted molar refractivity (Wildman–Crippen MR) is 79.2 cm³/mol. The van der Waals surface area contributed by atoms with E-state index in [0.717, 1.165) is 17.1 Å². The smallest absolute Gasteiger partial charge is 0.219 e. The highest BCUT2D eigenvalue weighted by Gasteiger charge is 2.10. The average molecular weight is 280 g/mol. The molecule has 0 aliphatic heterocycles. The van der Waals surface area contributed by atoms with E-state index < -0.39 is 0 Å². The zero-order chi connectivity index (χ0) is 14.8. The third-order valence-electron chi connectivity index (χ3n) is 2.80. The topological polar surface area (TPSA) is 59.6 Å². The molecule has 1 rings (SSSR count). The van der Waals surface area contributed by atoms with Crippen molar-refractivity contribution in [3.8, 4) is 11.5 Å². The van der Waals surface area contributed by atoms with Gasteiger partial charge < -0.3 is 20.1 Å². The van der Waals surface area contributed by atoms with Crippen LogP contribution < -0.4 is 20.1 Å². The maximum atomic E-state index is 11.2. The van der Waals surface area contributed by atoms with Gasteiger partial charge in [-0.25, -0.2) is 0 Å². The van der Waals surface area contributed by atoms with Crippen molar-refractivity contribution in [1.29, 1.82) is 0 Å². The molecular formula is C15H24N2O3. The van der Waals surface area contributed by atoms with Crippen LogP contribution in [0.1, 0.15) is 25.3 Å². The average Bonchev–Trinajstić information content (AvgIpc) is 2.46. The second-order valence-electron chi connectivity index (χ2n) is 4.33. The number of benzene rings is 1. The van der Waals surface area contributed by atoms with Crippen LogP contribution in [0.5, 0.6) is 11.5 Å². The largest absolute Gasteiger partial charge is 0.490 e. The number of nitrogens with one attached hydrogen (secondary N) is 2. The monoisotopic (exact) mass is 280 g/mol. The SMILES string of the molecule is CCOc1cccc(CNC)c1OCCCC(=O)NC. The summed E-state index contributed by atoms with van der Waals surface area (Å²) in [6.45, 7) is 3.75. The van der Waals surface area contributed by atoms with Crippen LogP contribution in [-0.4, -0.2) is 33.2 Å². The van der Waals surface area contributed by atoms with Crippen LogP contribution in [0.25, 0.3) is 0 Å². The molecule has 0 spiro atoms. The Morgan fingerprint density at radius 1 is 1.25 bits per heavy atom. The third kappa shape index (κ3) is 5.09. The number of carbonyl (C=O) groups is 1. The summed E-state index contributed by atoms with van der Waals surface area (Å²) in [7, 11) is 3.53. The molecule has 0 aromatic heterocycles. The summed E-state index contributed by atoms with van der Waals surface area (Å²) in [4.78, 5) is 11.2. The molecule has 0 bridgehead atoms. The van der Waals surface area contributed by atoms with Crippen LogP contribution in [0.3, 0.4) is 0 Å². The molecule has 0 aliphatic rings. The molecule has 0 saturated carbocycles. The zero-order valence-electron chi connectivity index (χ0n) is 12.5. The minimum Gasteiger partial charge on any atom is -0.490 e. The Labute approximate surface area is 120 Å². The lowest BCUT2D eigenvalue weighted by Crippen LogP contribution is -2.18. The van der Waals surface area contributed by atoms with Crippen LogP contribution in [0.2, 0.25) is 0 Å². The minimum absolute atomic E-state index is 0.0298. The van der Waals surface area contributed by atoms with Gasteiger partial charge in [-0.05, 0) is 26.5 Å². The Morgan fingerprint density at radius 2 is 2.05 bits per heavy atom. The highest BCUT2D eigenvalue weighted by molar-refractivity contribution is 5.75. The Hall–Kier alpha value is -1.75. The van der Waals surface area contributed by atoms with Gasteiger partial charge in [0.2, 0.25) is 5.91 Å². The van der Waals surface area contributed by atoms with E-state index in [1.165, 1.54) is 0 Å². The number of para-hydroxylation sites is 1. The Balaban J connectivity index is 2.66. The molecule has 1 aromatic rings. The van der Waals surface area contributed by atoms with Gasteiger partial charge in [-0.3, -0.25) is 4.79 Å². The lowest BCUT2D eigenvalue weighted by atomic mass is 10.2. The molecule has 112 valence electrons. The lowest BCUT2D eigenvalue weighted by Gasteiger charge is -2.15. The van der Waals surface area contributed by atoms with Gasteiger partial charge in [0.25, 0.3) is 0 Å². The second kappa shape index (κ2) is 9.20. The third-order valence-corrected chi connectivity index (χ3v) is 2.80.